The maximum Gasteiger partial charge on any atom is 0.234 e. The monoisotopic (exact) mass is 353 g/mol. The van der Waals surface area contributed by atoms with Gasteiger partial charge in [0.1, 0.15) is 5.82 Å². The number of carbonyl (C=O) groups is 1. The van der Waals surface area contributed by atoms with Crippen molar-refractivity contribution in [3.8, 4) is 0 Å². The molecular formula is C20H27N5O. The van der Waals surface area contributed by atoms with E-state index in [0.717, 1.165) is 44.8 Å². The molecule has 3 rings (SSSR count). The molecule has 0 saturated carbocycles. The smallest absolute Gasteiger partial charge is 0.234 e. The molecule has 6 nitrogen and oxygen atoms in total. The van der Waals surface area contributed by atoms with E-state index >= 15 is 0 Å². The van der Waals surface area contributed by atoms with Crippen molar-refractivity contribution < 1.29 is 4.79 Å². The van der Waals surface area contributed by atoms with Crippen molar-refractivity contribution in [1.29, 1.82) is 0 Å². The van der Waals surface area contributed by atoms with Crippen LogP contribution in [0.4, 0.5) is 5.82 Å². The molecule has 6 heteroatoms. The molecule has 1 N–H and O–H groups in total. The molecule has 138 valence electrons. The zero-order valence-corrected chi connectivity index (χ0v) is 15.3. The van der Waals surface area contributed by atoms with Crippen molar-refractivity contribution in [2.24, 2.45) is 0 Å². The summed E-state index contributed by atoms with van der Waals surface area (Å²) in [6.07, 6.45) is 7.13. The standard InChI is InChI=1S/C20H27N5O/c1-17(7-8-18-5-3-2-4-6-18)23-20(26)16-24-11-13-25(14-12-24)19-15-21-9-10-22-19/h2-6,9-10,15,17H,7-8,11-14,16H2,1H3,(H,23,26). The van der Waals surface area contributed by atoms with Crippen LogP contribution in [-0.4, -0.2) is 59.5 Å². The lowest BCUT2D eigenvalue weighted by atomic mass is 10.1. The van der Waals surface area contributed by atoms with Crippen molar-refractivity contribution in [2.45, 2.75) is 25.8 Å². The Balaban J connectivity index is 1.36. The maximum absolute atomic E-state index is 12.3. The fraction of sp³-hybridized carbons (Fsp3) is 0.450. The van der Waals surface area contributed by atoms with Crippen molar-refractivity contribution in [1.82, 2.24) is 20.2 Å². The molecule has 26 heavy (non-hydrogen) atoms. The molecule has 1 unspecified atom stereocenters. The lowest BCUT2D eigenvalue weighted by Crippen LogP contribution is -2.50. The predicted octanol–water partition coefficient (Wildman–Crippen LogP) is 1.74. The summed E-state index contributed by atoms with van der Waals surface area (Å²) in [5.41, 5.74) is 1.31. The van der Waals surface area contributed by atoms with Gasteiger partial charge in [0.25, 0.3) is 0 Å². The van der Waals surface area contributed by atoms with Crippen LogP contribution in [0.15, 0.2) is 48.9 Å². The van der Waals surface area contributed by atoms with Gasteiger partial charge in [0.15, 0.2) is 0 Å². The number of hydrogen-bond acceptors (Lipinski definition) is 5. The average Bonchev–Trinajstić information content (AvgIpc) is 2.68. The third-order valence-corrected chi connectivity index (χ3v) is 4.73. The third kappa shape index (κ3) is 5.52. The molecule has 2 aromatic rings. The summed E-state index contributed by atoms with van der Waals surface area (Å²) >= 11 is 0. The molecule has 1 amide bonds. The number of hydrogen-bond donors (Lipinski definition) is 1. The van der Waals surface area contributed by atoms with Gasteiger partial charge in [0.2, 0.25) is 5.91 Å². The number of aromatic nitrogens is 2. The Kier molecular flexibility index (Phi) is 6.55. The van der Waals surface area contributed by atoms with Gasteiger partial charge >= 0.3 is 0 Å². The van der Waals surface area contributed by atoms with Gasteiger partial charge in [0.05, 0.1) is 12.7 Å². The van der Waals surface area contributed by atoms with Crippen LogP contribution < -0.4 is 10.2 Å². The van der Waals surface area contributed by atoms with Crippen molar-refractivity contribution in [3.05, 3.63) is 54.5 Å². The molecule has 1 aromatic heterocycles. The van der Waals surface area contributed by atoms with Crippen molar-refractivity contribution in [3.63, 3.8) is 0 Å². The molecule has 0 bridgehead atoms. The molecular weight excluding hydrogens is 326 g/mol. The van der Waals surface area contributed by atoms with E-state index in [2.05, 4.69) is 56.3 Å². The van der Waals surface area contributed by atoms with Crippen molar-refractivity contribution >= 4 is 11.7 Å². The quantitative estimate of drug-likeness (QED) is 0.821. The maximum atomic E-state index is 12.3. The Labute approximate surface area is 155 Å². The lowest BCUT2D eigenvalue weighted by molar-refractivity contribution is -0.122. The summed E-state index contributed by atoms with van der Waals surface area (Å²) in [5, 5.41) is 3.12. The molecule has 0 radical (unpaired) electrons. The van der Waals surface area contributed by atoms with E-state index in [4.69, 9.17) is 0 Å². The molecule has 1 saturated heterocycles. The fourth-order valence-electron chi connectivity index (χ4n) is 3.21. The Hall–Kier alpha value is -2.47. The second-order valence-corrected chi connectivity index (χ2v) is 6.82. The molecule has 1 aliphatic heterocycles. The van der Waals surface area contributed by atoms with Crippen LogP contribution in [-0.2, 0) is 11.2 Å². The Morgan fingerprint density at radius 3 is 2.62 bits per heavy atom. The minimum Gasteiger partial charge on any atom is -0.353 e. The van der Waals surface area contributed by atoms with E-state index in [0.29, 0.717) is 6.54 Å². The van der Waals surface area contributed by atoms with Crippen LogP contribution in [0.2, 0.25) is 0 Å². The molecule has 0 aliphatic carbocycles. The highest BCUT2D eigenvalue weighted by Gasteiger charge is 2.20. The van der Waals surface area contributed by atoms with Crippen molar-refractivity contribution in [2.75, 3.05) is 37.6 Å². The second-order valence-electron chi connectivity index (χ2n) is 6.82. The van der Waals surface area contributed by atoms with E-state index in [9.17, 15) is 4.79 Å². The summed E-state index contributed by atoms with van der Waals surface area (Å²) in [7, 11) is 0. The third-order valence-electron chi connectivity index (χ3n) is 4.73. The fourth-order valence-corrected chi connectivity index (χ4v) is 3.21. The lowest BCUT2D eigenvalue weighted by Gasteiger charge is -2.34. The highest BCUT2D eigenvalue weighted by atomic mass is 16.2. The van der Waals surface area contributed by atoms with E-state index in [1.807, 2.05) is 6.07 Å². The molecule has 1 fully saturated rings. The number of nitrogens with one attached hydrogen (secondary N) is 1. The summed E-state index contributed by atoms with van der Waals surface area (Å²) in [4.78, 5) is 25.2. The summed E-state index contributed by atoms with van der Waals surface area (Å²) in [6, 6.07) is 10.6. The number of aryl methyl sites for hydroxylation is 1. The number of piperazine rings is 1. The molecule has 2 heterocycles. The van der Waals surface area contributed by atoms with Gasteiger partial charge in [-0.15, -0.1) is 0 Å². The normalized spacial score (nSPS) is 16.3. The topological polar surface area (TPSA) is 61.4 Å². The van der Waals surface area contributed by atoms with Crippen LogP contribution in [0, 0.1) is 0 Å². The van der Waals surface area contributed by atoms with Crippen LogP contribution in [0.3, 0.4) is 0 Å². The largest absolute Gasteiger partial charge is 0.353 e. The number of nitrogens with zero attached hydrogens (tertiary/aromatic N) is 4. The Morgan fingerprint density at radius 2 is 1.92 bits per heavy atom. The Morgan fingerprint density at radius 1 is 1.15 bits per heavy atom. The number of benzene rings is 1. The SMILES string of the molecule is CC(CCc1ccccc1)NC(=O)CN1CCN(c2cnccn2)CC1. The van der Waals surface area contributed by atoms with E-state index < -0.39 is 0 Å². The first kappa shape index (κ1) is 18.3. The van der Waals surface area contributed by atoms with Gasteiger partial charge in [-0.2, -0.15) is 0 Å². The van der Waals surface area contributed by atoms with Gasteiger partial charge < -0.3 is 10.2 Å². The zero-order valence-electron chi connectivity index (χ0n) is 15.3. The van der Waals surface area contributed by atoms with Gasteiger partial charge in [-0.25, -0.2) is 4.98 Å². The van der Waals surface area contributed by atoms with Gasteiger partial charge in [0, 0.05) is 44.6 Å². The number of amides is 1. The van der Waals surface area contributed by atoms with E-state index in [1.54, 1.807) is 18.6 Å². The minimum atomic E-state index is 0.110. The van der Waals surface area contributed by atoms with Gasteiger partial charge in [-0.05, 0) is 25.3 Å². The number of anilines is 1. The minimum absolute atomic E-state index is 0.110. The zero-order chi connectivity index (χ0) is 18.2. The molecule has 1 aromatic carbocycles. The first-order valence-electron chi connectivity index (χ1n) is 9.27. The molecule has 1 aliphatic rings. The summed E-state index contributed by atoms with van der Waals surface area (Å²) in [5.74, 6) is 1.02. The van der Waals surface area contributed by atoms with Gasteiger partial charge in [-0.1, -0.05) is 30.3 Å². The highest BCUT2D eigenvalue weighted by molar-refractivity contribution is 5.78. The molecule has 0 spiro atoms. The average molecular weight is 353 g/mol. The van der Waals surface area contributed by atoms with Crippen LogP contribution in [0.25, 0.3) is 0 Å². The van der Waals surface area contributed by atoms with E-state index in [1.165, 1.54) is 5.56 Å². The highest BCUT2D eigenvalue weighted by Crippen LogP contribution is 2.11. The van der Waals surface area contributed by atoms with Crippen LogP contribution >= 0.6 is 0 Å². The molecule has 1 atom stereocenters. The Bertz CT molecular complexity index is 671. The van der Waals surface area contributed by atoms with E-state index in [-0.39, 0.29) is 11.9 Å². The predicted molar refractivity (Wildman–Crippen MR) is 103 cm³/mol. The van der Waals surface area contributed by atoms with Crippen LogP contribution in [0.1, 0.15) is 18.9 Å². The number of rotatable bonds is 7. The van der Waals surface area contributed by atoms with Crippen LogP contribution in [0.5, 0.6) is 0 Å². The summed E-state index contributed by atoms with van der Waals surface area (Å²) in [6.45, 7) is 6.01. The second kappa shape index (κ2) is 9.29. The first-order valence-corrected chi connectivity index (χ1v) is 9.27. The number of carbonyl (C=O) groups excluding carboxylic acids is 1. The summed E-state index contributed by atoms with van der Waals surface area (Å²) < 4.78 is 0. The van der Waals surface area contributed by atoms with Gasteiger partial charge in [-0.3, -0.25) is 14.7 Å². The first-order chi connectivity index (χ1) is 12.7.